The van der Waals surface area contributed by atoms with Crippen LogP contribution < -0.4 is 5.73 Å². The third-order valence-electron chi connectivity index (χ3n) is 1.53. The molecule has 0 unspecified atom stereocenters. The van der Waals surface area contributed by atoms with Crippen molar-refractivity contribution in [1.29, 1.82) is 0 Å². The monoisotopic (exact) mass is 180 g/mol. The number of nitrogens with two attached hydrogens (primary N) is 1. The van der Waals surface area contributed by atoms with Gasteiger partial charge >= 0.3 is 0 Å². The Morgan fingerprint density at radius 3 is 3.00 bits per heavy atom. The summed E-state index contributed by atoms with van der Waals surface area (Å²) in [6.07, 6.45) is 1.62. The number of nitrogen functional groups attached to an aromatic ring is 1. The van der Waals surface area contributed by atoms with Crippen molar-refractivity contribution in [2.45, 2.75) is 13.5 Å². The molecule has 0 fully saturated rings. The fraction of sp³-hybridized carbons (Fsp3) is 0.333. The molecular formula is C6H8N6O. The summed E-state index contributed by atoms with van der Waals surface area (Å²) >= 11 is 0. The highest BCUT2D eigenvalue weighted by atomic mass is 16.4. The van der Waals surface area contributed by atoms with E-state index in [1.807, 2.05) is 0 Å². The quantitative estimate of drug-likeness (QED) is 0.675. The van der Waals surface area contributed by atoms with Gasteiger partial charge in [0.2, 0.25) is 5.95 Å². The average molecular weight is 180 g/mol. The van der Waals surface area contributed by atoms with Crippen molar-refractivity contribution < 1.29 is 4.42 Å². The largest absolute Gasteiger partial charge is 0.444 e. The Balaban J connectivity index is 2.19. The SMILES string of the molecule is Cc1ncc(Cn2nnnc2N)o1. The molecule has 2 heterocycles. The summed E-state index contributed by atoms with van der Waals surface area (Å²) < 4.78 is 6.66. The van der Waals surface area contributed by atoms with E-state index in [-0.39, 0.29) is 5.95 Å². The first-order chi connectivity index (χ1) is 6.25. The molecule has 0 aliphatic carbocycles. The van der Waals surface area contributed by atoms with Crippen molar-refractivity contribution >= 4 is 5.95 Å². The summed E-state index contributed by atoms with van der Waals surface area (Å²) in [7, 11) is 0. The summed E-state index contributed by atoms with van der Waals surface area (Å²) in [5.74, 6) is 1.55. The molecule has 68 valence electrons. The van der Waals surface area contributed by atoms with E-state index in [9.17, 15) is 0 Å². The Morgan fingerprint density at radius 2 is 2.46 bits per heavy atom. The fourth-order valence-corrected chi connectivity index (χ4v) is 0.950. The number of hydrogen-bond donors (Lipinski definition) is 1. The molecule has 2 aromatic rings. The Hall–Kier alpha value is -1.92. The van der Waals surface area contributed by atoms with Crippen LogP contribution in [-0.4, -0.2) is 25.2 Å². The van der Waals surface area contributed by atoms with Gasteiger partial charge < -0.3 is 10.2 Å². The summed E-state index contributed by atoms with van der Waals surface area (Å²) in [4.78, 5) is 3.94. The van der Waals surface area contributed by atoms with E-state index < -0.39 is 0 Å². The molecule has 0 radical (unpaired) electrons. The zero-order chi connectivity index (χ0) is 9.26. The van der Waals surface area contributed by atoms with Crippen LogP contribution in [0.5, 0.6) is 0 Å². The van der Waals surface area contributed by atoms with Crippen molar-refractivity contribution in [3.05, 3.63) is 17.8 Å². The van der Waals surface area contributed by atoms with E-state index in [2.05, 4.69) is 20.5 Å². The van der Waals surface area contributed by atoms with Gasteiger partial charge in [0.25, 0.3) is 0 Å². The number of oxazole rings is 1. The molecule has 7 heteroatoms. The van der Waals surface area contributed by atoms with Gasteiger partial charge in [0.15, 0.2) is 5.89 Å². The van der Waals surface area contributed by atoms with Gasteiger partial charge in [-0.25, -0.2) is 9.67 Å². The van der Waals surface area contributed by atoms with E-state index >= 15 is 0 Å². The fourth-order valence-electron chi connectivity index (χ4n) is 0.950. The maximum Gasteiger partial charge on any atom is 0.240 e. The predicted octanol–water partition coefficient (Wildman–Crippen LogP) is -0.400. The number of hydrogen-bond acceptors (Lipinski definition) is 6. The zero-order valence-corrected chi connectivity index (χ0v) is 7.01. The Bertz CT molecular complexity index is 405. The second-order valence-electron chi connectivity index (χ2n) is 2.54. The summed E-state index contributed by atoms with van der Waals surface area (Å²) in [5, 5.41) is 10.6. The zero-order valence-electron chi connectivity index (χ0n) is 7.01. The van der Waals surface area contributed by atoms with Crippen LogP contribution in [0.15, 0.2) is 10.6 Å². The van der Waals surface area contributed by atoms with Crippen molar-refractivity contribution in [2.24, 2.45) is 0 Å². The first-order valence-corrected chi connectivity index (χ1v) is 3.68. The lowest BCUT2D eigenvalue weighted by atomic mass is 10.5. The Morgan fingerprint density at radius 1 is 1.62 bits per heavy atom. The van der Waals surface area contributed by atoms with Crippen molar-refractivity contribution in [3.8, 4) is 0 Å². The molecule has 7 nitrogen and oxygen atoms in total. The molecule has 0 bridgehead atoms. The number of rotatable bonds is 2. The van der Waals surface area contributed by atoms with Gasteiger partial charge in [0.05, 0.1) is 6.20 Å². The summed E-state index contributed by atoms with van der Waals surface area (Å²) in [5.41, 5.74) is 5.46. The summed E-state index contributed by atoms with van der Waals surface area (Å²) in [6, 6.07) is 0. The number of tetrazole rings is 1. The minimum atomic E-state index is 0.258. The van der Waals surface area contributed by atoms with Crippen LogP contribution in [0.2, 0.25) is 0 Å². The third-order valence-corrected chi connectivity index (χ3v) is 1.53. The van der Waals surface area contributed by atoms with Gasteiger partial charge in [-0.2, -0.15) is 0 Å². The number of anilines is 1. The molecule has 0 atom stereocenters. The first kappa shape index (κ1) is 7.71. The van der Waals surface area contributed by atoms with Crippen LogP contribution in [0, 0.1) is 6.92 Å². The van der Waals surface area contributed by atoms with Gasteiger partial charge in [-0.05, 0) is 10.4 Å². The Kier molecular flexibility index (Phi) is 1.69. The lowest BCUT2D eigenvalue weighted by molar-refractivity contribution is 0.451. The third kappa shape index (κ3) is 1.48. The van der Waals surface area contributed by atoms with Gasteiger partial charge in [-0.1, -0.05) is 5.10 Å². The maximum atomic E-state index is 5.46. The second kappa shape index (κ2) is 2.85. The molecule has 13 heavy (non-hydrogen) atoms. The van der Waals surface area contributed by atoms with Gasteiger partial charge in [-0.3, -0.25) is 0 Å². The highest BCUT2D eigenvalue weighted by molar-refractivity contribution is 5.11. The van der Waals surface area contributed by atoms with Crippen LogP contribution >= 0.6 is 0 Å². The summed E-state index contributed by atoms with van der Waals surface area (Å²) in [6.45, 7) is 2.17. The van der Waals surface area contributed by atoms with Gasteiger partial charge in [-0.15, -0.1) is 0 Å². The van der Waals surface area contributed by atoms with E-state index in [1.165, 1.54) is 4.68 Å². The molecule has 0 spiro atoms. The molecule has 0 aromatic carbocycles. The highest BCUT2D eigenvalue weighted by Gasteiger charge is 2.05. The average Bonchev–Trinajstić information content (AvgIpc) is 2.64. The van der Waals surface area contributed by atoms with Crippen LogP contribution in [0.1, 0.15) is 11.7 Å². The lowest BCUT2D eigenvalue weighted by Gasteiger charge is -1.95. The standard InChI is InChI=1S/C6H8N6O/c1-4-8-2-5(13-4)3-12-6(7)9-10-11-12/h2H,3H2,1H3,(H2,7,9,11). The van der Waals surface area contributed by atoms with E-state index in [1.54, 1.807) is 13.1 Å². The van der Waals surface area contributed by atoms with Gasteiger partial charge in [0.1, 0.15) is 12.3 Å². The van der Waals surface area contributed by atoms with Gasteiger partial charge in [0, 0.05) is 6.92 Å². The van der Waals surface area contributed by atoms with Crippen LogP contribution in [0.4, 0.5) is 5.95 Å². The second-order valence-corrected chi connectivity index (χ2v) is 2.54. The molecule has 0 saturated heterocycles. The predicted molar refractivity (Wildman–Crippen MR) is 42.6 cm³/mol. The number of nitrogens with zero attached hydrogens (tertiary/aromatic N) is 5. The van der Waals surface area contributed by atoms with Crippen molar-refractivity contribution in [1.82, 2.24) is 25.2 Å². The van der Waals surface area contributed by atoms with E-state index in [0.717, 1.165) is 0 Å². The Labute approximate surface area is 73.6 Å². The highest BCUT2D eigenvalue weighted by Crippen LogP contribution is 2.05. The molecule has 2 N–H and O–H groups in total. The van der Waals surface area contributed by atoms with Crippen LogP contribution in [0.25, 0.3) is 0 Å². The molecule has 0 saturated carbocycles. The topological polar surface area (TPSA) is 95.7 Å². The molecule has 0 amide bonds. The molecule has 0 aliphatic heterocycles. The van der Waals surface area contributed by atoms with E-state index in [0.29, 0.717) is 18.2 Å². The van der Waals surface area contributed by atoms with Crippen molar-refractivity contribution in [2.75, 3.05) is 5.73 Å². The maximum absolute atomic E-state index is 5.46. The number of aryl methyl sites for hydroxylation is 1. The molecule has 2 rings (SSSR count). The smallest absolute Gasteiger partial charge is 0.240 e. The number of aromatic nitrogens is 5. The van der Waals surface area contributed by atoms with Crippen molar-refractivity contribution in [3.63, 3.8) is 0 Å². The molecular weight excluding hydrogens is 172 g/mol. The lowest BCUT2D eigenvalue weighted by Crippen LogP contribution is -2.05. The minimum absolute atomic E-state index is 0.258. The first-order valence-electron chi connectivity index (χ1n) is 3.68. The minimum Gasteiger partial charge on any atom is -0.444 e. The van der Waals surface area contributed by atoms with E-state index in [4.69, 9.17) is 10.2 Å². The molecule has 2 aromatic heterocycles. The van der Waals surface area contributed by atoms with Crippen LogP contribution in [-0.2, 0) is 6.54 Å². The molecule has 0 aliphatic rings. The normalized spacial score (nSPS) is 10.5. The van der Waals surface area contributed by atoms with Crippen LogP contribution in [0.3, 0.4) is 0 Å².